The average Bonchev–Trinajstić information content (AvgIpc) is 2.50. The predicted molar refractivity (Wildman–Crippen MR) is 123 cm³/mol. The highest BCUT2D eigenvalue weighted by atomic mass is 32.2. The SMILES string of the molecule is CCN(CC)S(=O)(=O)c1ccc(CC[Si](C)(O[Si](C)(C)C)O[Si](C)(C)C)nc1. The van der Waals surface area contributed by atoms with E-state index in [4.69, 9.17) is 8.23 Å². The summed E-state index contributed by atoms with van der Waals surface area (Å²) in [7, 11) is -9.26. The van der Waals surface area contributed by atoms with Gasteiger partial charge in [-0.3, -0.25) is 4.98 Å². The fraction of sp³-hybridized carbons (Fsp3) is 0.722. The van der Waals surface area contributed by atoms with Crippen molar-refractivity contribution in [3.63, 3.8) is 0 Å². The normalized spacial score (nSPS) is 13.9. The van der Waals surface area contributed by atoms with Crippen LogP contribution in [0, 0.1) is 0 Å². The van der Waals surface area contributed by atoms with E-state index in [9.17, 15) is 8.42 Å². The third-order valence-electron chi connectivity index (χ3n) is 4.02. The Morgan fingerprint density at radius 3 is 1.79 bits per heavy atom. The van der Waals surface area contributed by atoms with E-state index in [1.807, 2.05) is 19.9 Å². The molecule has 28 heavy (non-hydrogen) atoms. The molecular weight excluding hydrogens is 425 g/mol. The Bertz CT molecular complexity index is 709. The second-order valence-corrected chi connectivity index (χ2v) is 23.9. The van der Waals surface area contributed by atoms with Crippen LogP contribution in [-0.4, -0.2) is 56.0 Å². The minimum absolute atomic E-state index is 0.247. The third kappa shape index (κ3) is 8.17. The lowest BCUT2D eigenvalue weighted by Crippen LogP contribution is -2.52. The first-order valence-corrected chi connectivity index (χ1v) is 20.8. The maximum absolute atomic E-state index is 12.6. The molecule has 0 atom stereocenters. The monoisotopic (exact) mass is 462 g/mol. The Balaban J connectivity index is 2.95. The van der Waals surface area contributed by atoms with Gasteiger partial charge in [-0.1, -0.05) is 13.8 Å². The molecule has 6 nitrogen and oxygen atoms in total. The molecule has 1 heterocycles. The van der Waals surface area contributed by atoms with E-state index >= 15 is 0 Å². The van der Waals surface area contributed by atoms with Crippen molar-refractivity contribution in [1.29, 1.82) is 0 Å². The molecular formula is C18H38N2O4SSi3. The van der Waals surface area contributed by atoms with Crippen LogP contribution >= 0.6 is 0 Å². The van der Waals surface area contributed by atoms with Gasteiger partial charge in [-0.25, -0.2) is 8.42 Å². The van der Waals surface area contributed by atoms with Crippen molar-refractivity contribution in [2.75, 3.05) is 13.1 Å². The van der Waals surface area contributed by atoms with E-state index in [1.165, 1.54) is 10.5 Å². The van der Waals surface area contributed by atoms with Crippen molar-refractivity contribution in [3.8, 4) is 0 Å². The summed E-state index contributed by atoms with van der Waals surface area (Å²) in [5.41, 5.74) is 0.871. The van der Waals surface area contributed by atoms with Gasteiger partial charge in [-0.15, -0.1) is 0 Å². The summed E-state index contributed by atoms with van der Waals surface area (Å²) in [4.78, 5) is 4.67. The fourth-order valence-corrected chi connectivity index (χ4v) is 17.0. The van der Waals surface area contributed by atoms with E-state index in [2.05, 4.69) is 50.8 Å². The van der Waals surface area contributed by atoms with E-state index in [0.717, 1.165) is 18.2 Å². The predicted octanol–water partition coefficient (Wildman–Crippen LogP) is 4.43. The standard InChI is InChI=1S/C18H38N2O4SSi3/c1-10-20(11-2)25(21,22)18-13-12-17(19-16-18)14-15-28(9,23-26(3,4)5)24-27(6,7)8/h12-13,16H,10-11,14-15H2,1-9H3. The molecule has 0 aliphatic rings. The largest absolute Gasteiger partial charge is 0.437 e. The lowest BCUT2D eigenvalue weighted by molar-refractivity contribution is 0.383. The van der Waals surface area contributed by atoms with Gasteiger partial charge < -0.3 is 8.23 Å². The molecule has 1 rings (SSSR count). The van der Waals surface area contributed by atoms with Crippen LogP contribution in [0.3, 0.4) is 0 Å². The summed E-state index contributed by atoms with van der Waals surface area (Å²) in [6, 6.07) is 4.29. The van der Waals surface area contributed by atoms with E-state index < -0.39 is 35.2 Å². The zero-order valence-corrected chi connectivity index (χ0v) is 22.8. The van der Waals surface area contributed by atoms with Crippen LogP contribution in [0.15, 0.2) is 23.2 Å². The first kappa shape index (κ1) is 25.7. The molecule has 1 aromatic heterocycles. The summed E-state index contributed by atoms with van der Waals surface area (Å²) >= 11 is 0. The zero-order valence-electron chi connectivity index (χ0n) is 19.0. The Hall–Kier alpha value is -0.369. The fourth-order valence-electron chi connectivity index (χ4n) is 3.20. The molecule has 0 saturated heterocycles. The molecule has 0 unspecified atom stereocenters. The molecule has 0 amide bonds. The molecule has 162 valence electrons. The van der Waals surface area contributed by atoms with E-state index in [-0.39, 0.29) is 4.90 Å². The first-order valence-electron chi connectivity index (χ1n) is 9.97. The van der Waals surface area contributed by atoms with Gasteiger partial charge in [0.15, 0.2) is 16.6 Å². The molecule has 0 aliphatic heterocycles. The first-order chi connectivity index (χ1) is 12.6. The average molecular weight is 463 g/mol. The molecule has 0 radical (unpaired) electrons. The molecule has 1 aromatic rings. The van der Waals surface area contributed by atoms with Crippen molar-refractivity contribution in [3.05, 3.63) is 24.0 Å². The van der Waals surface area contributed by atoms with Gasteiger partial charge in [0.05, 0.1) is 0 Å². The summed E-state index contributed by atoms with van der Waals surface area (Å²) < 4.78 is 39.7. The molecule has 0 bridgehead atoms. The zero-order chi connectivity index (χ0) is 21.8. The Labute approximate surface area is 175 Å². The summed E-state index contributed by atoms with van der Waals surface area (Å²) in [6.07, 6.45) is 2.20. The molecule has 0 fully saturated rings. The lowest BCUT2D eigenvalue weighted by Gasteiger charge is -2.38. The van der Waals surface area contributed by atoms with Crippen molar-refractivity contribution < 1.29 is 16.6 Å². The Morgan fingerprint density at radius 2 is 1.43 bits per heavy atom. The topological polar surface area (TPSA) is 68.7 Å². The molecule has 0 aliphatic carbocycles. The molecule has 0 saturated carbocycles. The smallest absolute Gasteiger partial charge is 0.314 e. The molecule has 10 heteroatoms. The van der Waals surface area contributed by atoms with Gasteiger partial charge in [0, 0.05) is 25.0 Å². The number of rotatable bonds is 11. The molecule has 0 aromatic carbocycles. The minimum atomic E-state index is -3.47. The highest BCUT2D eigenvalue weighted by Crippen LogP contribution is 2.26. The van der Waals surface area contributed by atoms with Crippen LogP contribution in [0.4, 0.5) is 0 Å². The van der Waals surface area contributed by atoms with Gasteiger partial charge in [0.25, 0.3) is 0 Å². The minimum Gasteiger partial charge on any atom is -0.437 e. The van der Waals surface area contributed by atoms with Crippen LogP contribution in [0.2, 0.25) is 51.9 Å². The quantitative estimate of drug-likeness (QED) is 0.455. The van der Waals surface area contributed by atoms with Gasteiger partial charge >= 0.3 is 8.56 Å². The number of pyridine rings is 1. The van der Waals surface area contributed by atoms with Gasteiger partial charge in [-0.2, -0.15) is 4.31 Å². The second kappa shape index (κ2) is 9.63. The third-order valence-corrected chi connectivity index (χ3v) is 15.6. The molecule has 0 spiro atoms. The van der Waals surface area contributed by atoms with Crippen molar-refractivity contribution >= 4 is 35.2 Å². The van der Waals surface area contributed by atoms with E-state index in [0.29, 0.717) is 13.1 Å². The van der Waals surface area contributed by atoms with Crippen LogP contribution in [0.25, 0.3) is 0 Å². The van der Waals surface area contributed by atoms with Crippen LogP contribution < -0.4 is 0 Å². The van der Waals surface area contributed by atoms with Crippen LogP contribution in [0.5, 0.6) is 0 Å². The summed E-state index contributed by atoms with van der Waals surface area (Å²) in [5, 5.41) is 0. The van der Waals surface area contributed by atoms with Crippen LogP contribution in [-0.2, 0) is 24.7 Å². The van der Waals surface area contributed by atoms with E-state index in [1.54, 1.807) is 6.07 Å². The van der Waals surface area contributed by atoms with Gasteiger partial charge in [0.1, 0.15) is 4.90 Å². The number of hydrogen-bond acceptors (Lipinski definition) is 5. The maximum Gasteiger partial charge on any atom is 0.314 e. The van der Waals surface area contributed by atoms with Gasteiger partial charge in [-0.05, 0) is 70.4 Å². The number of sulfonamides is 1. The van der Waals surface area contributed by atoms with Crippen molar-refractivity contribution in [2.24, 2.45) is 0 Å². The number of aryl methyl sites for hydroxylation is 1. The number of aromatic nitrogens is 1. The van der Waals surface area contributed by atoms with Crippen molar-refractivity contribution in [2.45, 2.75) is 77.0 Å². The number of nitrogens with zero attached hydrogens (tertiary/aromatic N) is 2. The summed E-state index contributed by atoms with van der Waals surface area (Å²) in [5.74, 6) is 0. The lowest BCUT2D eigenvalue weighted by atomic mass is 10.3. The van der Waals surface area contributed by atoms with Crippen LogP contribution in [0.1, 0.15) is 19.5 Å². The highest BCUT2D eigenvalue weighted by molar-refractivity contribution is 7.89. The maximum atomic E-state index is 12.6. The Kier molecular flexibility index (Phi) is 8.82. The number of hydrogen-bond donors (Lipinski definition) is 0. The Morgan fingerprint density at radius 1 is 0.929 bits per heavy atom. The highest BCUT2D eigenvalue weighted by Gasteiger charge is 2.40. The molecule has 0 N–H and O–H groups in total. The second-order valence-electron chi connectivity index (χ2n) is 9.14. The summed E-state index contributed by atoms with van der Waals surface area (Å²) in [6.45, 7) is 19.9. The van der Waals surface area contributed by atoms with Gasteiger partial charge in [0.2, 0.25) is 10.0 Å². The van der Waals surface area contributed by atoms with Crippen molar-refractivity contribution in [1.82, 2.24) is 9.29 Å².